The molecule has 0 aromatic carbocycles. The van der Waals surface area contributed by atoms with E-state index in [-0.39, 0.29) is 65.5 Å². The molecule has 0 amide bonds. The average Bonchev–Trinajstić information content (AvgIpc) is 2.41. The van der Waals surface area contributed by atoms with Crippen LogP contribution in [0.5, 0.6) is 0 Å². The minimum Gasteiger partial charge on any atom is -1.00 e. The molecule has 2 aromatic rings. The molecule has 124 valence electrons. The van der Waals surface area contributed by atoms with Crippen LogP contribution in [0.2, 0.25) is 0 Å². The van der Waals surface area contributed by atoms with Crippen LogP contribution in [0.15, 0.2) is 48.8 Å². The molecule has 0 aliphatic rings. The molecular formula is C12H20Cl2N2NiO4+2. The standard InChI is InChI=1S/2C6H7NO.2ClH.Ni.2H2O/c2*8-5-6-3-1-2-4-7-6;;;;;/h2*1-4,8H,5H2;2*1H;;2*1H2/q;;;;+2;;. The van der Waals surface area contributed by atoms with Gasteiger partial charge in [0.15, 0.2) is 0 Å². The molecule has 9 heteroatoms. The third-order valence-corrected chi connectivity index (χ3v) is 1.78. The second-order valence-electron chi connectivity index (χ2n) is 2.96. The van der Waals surface area contributed by atoms with Gasteiger partial charge in [0.25, 0.3) is 0 Å². The van der Waals surface area contributed by atoms with Gasteiger partial charge in [-0.25, -0.2) is 0 Å². The van der Waals surface area contributed by atoms with E-state index in [2.05, 4.69) is 9.97 Å². The van der Waals surface area contributed by atoms with E-state index < -0.39 is 0 Å². The zero-order valence-corrected chi connectivity index (χ0v) is 13.5. The summed E-state index contributed by atoms with van der Waals surface area (Å²) in [4.78, 5) is 7.69. The molecule has 0 aliphatic heterocycles. The number of hydrogen-bond acceptors (Lipinski definition) is 4. The maximum Gasteiger partial charge on any atom is 2.00 e. The normalized spacial score (nSPS) is 6.95. The van der Waals surface area contributed by atoms with Crippen molar-refractivity contribution >= 4 is 0 Å². The van der Waals surface area contributed by atoms with Gasteiger partial charge < -0.3 is 46.0 Å². The molecule has 2 aromatic heterocycles. The molecular weight excluding hydrogens is 366 g/mol. The summed E-state index contributed by atoms with van der Waals surface area (Å²) >= 11 is 0. The summed E-state index contributed by atoms with van der Waals surface area (Å²) in [5, 5.41) is 17.0. The number of aromatic nitrogens is 2. The smallest absolute Gasteiger partial charge is 1.00 e. The van der Waals surface area contributed by atoms with Gasteiger partial charge in [0.05, 0.1) is 24.6 Å². The van der Waals surface area contributed by atoms with Crippen molar-refractivity contribution < 1.29 is 62.5 Å². The molecule has 21 heavy (non-hydrogen) atoms. The zero-order chi connectivity index (χ0) is 11.6. The first-order valence-corrected chi connectivity index (χ1v) is 4.88. The first-order chi connectivity index (χ1) is 7.86. The second kappa shape index (κ2) is 21.5. The zero-order valence-electron chi connectivity index (χ0n) is 11.0. The molecule has 0 unspecified atom stereocenters. The minimum absolute atomic E-state index is 0. The van der Waals surface area contributed by atoms with Gasteiger partial charge in [-0.15, -0.1) is 0 Å². The van der Waals surface area contributed by atoms with Crippen molar-refractivity contribution in [3.8, 4) is 0 Å². The van der Waals surface area contributed by atoms with Crippen molar-refractivity contribution in [1.29, 1.82) is 0 Å². The topological polar surface area (TPSA) is 132 Å². The van der Waals surface area contributed by atoms with Crippen molar-refractivity contribution in [1.82, 2.24) is 9.97 Å². The van der Waals surface area contributed by atoms with Gasteiger partial charge in [-0.3, -0.25) is 9.97 Å². The Morgan fingerprint density at radius 2 is 1.05 bits per heavy atom. The van der Waals surface area contributed by atoms with E-state index in [4.69, 9.17) is 10.2 Å². The third-order valence-electron chi connectivity index (χ3n) is 1.78. The van der Waals surface area contributed by atoms with Gasteiger partial charge in [-0.05, 0) is 24.3 Å². The summed E-state index contributed by atoms with van der Waals surface area (Å²) in [6.07, 6.45) is 3.32. The number of nitrogens with zero attached hydrogens (tertiary/aromatic N) is 2. The Bertz CT molecular complexity index is 359. The Balaban J connectivity index is -0.0000000656. The molecule has 0 saturated carbocycles. The fourth-order valence-electron chi connectivity index (χ4n) is 0.983. The van der Waals surface area contributed by atoms with Crippen LogP contribution in [0.25, 0.3) is 0 Å². The molecule has 8 N–H and O–H groups in total. The quantitative estimate of drug-likeness (QED) is 0.392. The minimum atomic E-state index is 0. The van der Waals surface area contributed by atoms with Gasteiger partial charge in [0.2, 0.25) is 0 Å². The van der Waals surface area contributed by atoms with E-state index >= 15 is 0 Å². The Morgan fingerprint density at radius 1 is 0.714 bits per heavy atom. The first-order valence-electron chi connectivity index (χ1n) is 4.88. The van der Waals surface area contributed by atoms with E-state index in [1.165, 1.54) is 0 Å². The van der Waals surface area contributed by atoms with Crippen molar-refractivity contribution in [2.45, 2.75) is 13.2 Å². The third kappa shape index (κ3) is 15.4. The summed E-state index contributed by atoms with van der Waals surface area (Å²) < 4.78 is 0. The molecule has 2 rings (SSSR count). The molecule has 0 radical (unpaired) electrons. The van der Waals surface area contributed by atoms with Crippen LogP contribution in [0.3, 0.4) is 0 Å². The van der Waals surface area contributed by atoms with E-state index in [1.54, 1.807) is 24.5 Å². The summed E-state index contributed by atoms with van der Waals surface area (Å²) in [5.74, 6) is 0. The van der Waals surface area contributed by atoms with Gasteiger partial charge >= 0.3 is 16.5 Å². The largest absolute Gasteiger partial charge is 2.00 e. The summed E-state index contributed by atoms with van der Waals surface area (Å²) in [5.41, 5.74) is 1.43. The molecule has 0 saturated heterocycles. The van der Waals surface area contributed by atoms with Gasteiger partial charge in [0.1, 0.15) is 0 Å². The van der Waals surface area contributed by atoms with Crippen LogP contribution in [-0.4, -0.2) is 20.2 Å². The first kappa shape index (κ1) is 32.2. The Kier molecular flexibility index (Phi) is 33.0. The monoisotopic (exact) mass is 384 g/mol. The number of pyridine rings is 2. The molecule has 0 fully saturated rings. The van der Waals surface area contributed by atoms with Crippen molar-refractivity contribution in [2.24, 2.45) is 0 Å². The fourth-order valence-corrected chi connectivity index (χ4v) is 0.983. The van der Waals surface area contributed by atoms with Gasteiger partial charge in [0, 0.05) is 12.4 Å². The Morgan fingerprint density at radius 3 is 1.19 bits per heavy atom. The van der Waals surface area contributed by atoms with Crippen LogP contribution in [0, 0.1) is 0 Å². The second-order valence-corrected chi connectivity index (χ2v) is 2.96. The molecule has 0 spiro atoms. The van der Waals surface area contributed by atoms with E-state index in [9.17, 15) is 0 Å². The number of aliphatic hydroxyl groups is 2. The number of rotatable bonds is 2. The van der Waals surface area contributed by atoms with Crippen LogP contribution in [0.4, 0.5) is 0 Å². The van der Waals surface area contributed by atoms with Gasteiger partial charge in [-0.1, -0.05) is 12.1 Å². The molecule has 0 aliphatic carbocycles. The van der Waals surface area contributed by atoms with E-state index in [0.717, 1.165) is 0 Å². The fraction of sp³-hybridized carbons (Fsp3) is 0.167. The number of aliphatic hydroxyl groups excluding tert-OH is 2. The predicted molar refractivity (Wildman–Crippen MR) is 70.1 cm³/mol. The van der Waals surface area contributed by atoms with Crippen LogP contribution >= 0.6 is 0 Å². The van der Waals surface area contributed by atoms with Crippen LogP contribution < -0.4 is 24.8 Å². The summed E-state index contributed by atoms with van der Waals surface area (Å²) in [6.45, 7) is 0.0572. The molecule has 0 atom stereocenters. The SMILES string of the molecule is OCc1ccccn1.OCc1ccccn1.[Cl-].[Cl-].[Ni+2].[OH3+].[OH3+]. The summed E-state index contributed by atoms with van der Waals surface area (Å²) in [6, 6.07) is 10.9. The van der Waals surface area contributed by atoms with Crippen molar-refractivity contribution in [3.05, 3.63) is 60.2 Å². The van der Waals surface area contributed by atoms with Crippen LogP contribution in [-0.2, 0) is 40.7 Å². The Hall–Kier alpha value is -0.786. The Labute approximate surface area is 146 Å². The molecule has 6 nitrogen and oxygen atoms in total. The van der Waals surface area contributed by atoms with E-state index in [0.29, 0.717) is 11.4 Å². The summed E-state index contributed by atoms with van der Waals surface area (Å²) in [7, 11) is 0. The number of hydrogen-bond donors (Lipinski definition) is 2. The predicted octanol–water partition coefficient (Wildman–Crippen LogP) is -6.69. The maximum absolute atomic E-state index is 8.48. The molecule has 2 heterocycles. The molecule has 0 bridgehead atoms. The van der Waals surface area contributed by atoms with Crippen molar-refractivity contribution in [2.75, 3.05) is 0 Å². The average molecular weight is 386 g/mol. The van der Waals surface area contributed by atoms with Gasteiger partial charge in [-0.2, -0.15) is 0 Å². The maximum atomic E-state index is 8.48. The van der Waals surface area contributed by atoms with Crippen molar-refractivity contribution in [3.63, 3.8) is 0 Å². The van der Waals surface area contributed by atoms with E-state index in [1.807, 2.05) is 24.3 Å². The van der Waals surface area contributed by atoms with Crippen LogP contribution in [0.1, 0.15) is 11.4 Å². The number of halogens is 2.